The normalized spacial score (nSPS) is 37.2. The van der Waals surface area contributed by atoms with Crippen LogP contribution in [0.15, 0.2) is 12.2 Å². The molecule has 0 aromatic rings. The maximum atomic E-state index is 2.50. The summed E-state index contributed by atoms with van der Waals surface area (Å²) >= 11 is 0. The van der Waals surface area contributed by atoms with Crippen LogP contribution in [0.5, 0.6) is 0 Å². The van der Waals surface area contributed by atoms with Crippen LogP contribution in [-0.2, 0) is 0 Å². The molecule has 0 spiro atoms. The lowest BCUT2D eigenvalue weighted by Crippen LogP contribution is -2.37. The molecule has 2 bridgehead atoms. The summed E-state index contributed by atoms with van der Waals surface area (Å²) < 4.78 is 0. The van der Waals surface area contributed by atoms with Crippen molar-refractivity contribution in [1.82, 2.24) is 0 Å². The fourth-order valence-electron chi connectivity index (χ4n) is 3.29. The van der Waals surface area contributed by atoms with Crippen LogP contribution >= 0.6 is 0 Å². The smallest absolute Gasteiger partial charge is 0.0177 e. The molecule has 0 N–H and O–H groups in total. The second kappa shape index (κ2) is 2.90. The van der Waals surface area contributed by atoms with Gasteiger partial charge < -0.3 is 0 Å². The molecule has 0 aliphatic heterocycles. The SMILES string of the molecule is CCC1(CC)CC2C=CC1CC2. The molecule has 3 rings (SSSR count). The van der Waals surface area contributed by atoms with Gasteiger partial charge in [0, 0.05) is 0 Å². The molecular weight excluding hydrogens is 144 g/mol. The molecule has 0 nitrogen and oxygen atoms in total. The topological polar surface area (TPSA) is 0 Å². The Bertz CT molecular complexity index is 186. The highest BCUT2D eigenvalue weighted by Gasteiger charge is 2.41. The van der Waals surface area contributed by atoms with Crippen LogP contribution in [0.25, 0.3) is 0 Å². The third-order valence-electron chi connectivity index (χ3n) is 4.33. The summed E-state index contributed by atoms with van der Waals surface area (Å²) in [5.41, 5.74) is 0.692. The van der Waals surface area contributed by atoms with Crippen molar-refractivity contribution in [3.05, 3.63) is 12.2 Å². The fraction of sp³-hybridized carbons (Fsp3) is 0.833. The van der Waals surface area contributed by atoms with Gasteiger partial charge >= 0.3 is 0 Å². The van der Waals surface area contributed by atoms with Crippen molar-refractivity contribution in [1.29, 1.82) is 0 Å². The zero-order valence-corrected chi connectivity index (χ0v) is 8.34. The van der Waals surface area contributed by atoms with Crippen molar-refractivity contribution < 1.29 is 0 Å². The van der Waals surface area contributed by atoms with Gasteiger partial charge in [0.25, 0.3) is 0 Å². The Morgan fingerprint density at radius 3 is 2.17 bits per heavy atom. The molecular formula is C12H20. The van der Waals surface area contributed by atoms with E-state index in [2.05, 4.69) is 26.0 Å². The van der Waals surface area contributed by atoms with E-state index in [1.807, 2.05) is 0 Å². The third kappa shape index (κ3) is 1.04. The molecule has 1 saturated carbocycles. The van der Waals surface area contributed by atoms with E-state index in [-0.39, 0.29) is 0 Å². The number of rotatable bonds is 2. The Kier molecular flexibility index (Phi) is 2.02. The summed E-state index contributed by atoms with van der Waals surface area (Å²) in [6.07, 6.45) is 12.1. The second-order valence-corrected chi connectivity index (χ2v) is 4.60. The van der Waals surface area contributed by atoms with Gasteiger partial charge in [-0.15, -0.1) is 0 Å². The fourth-order valence-corrected chi connectivity index (χ4v) is 3.29. The van der Waals surface area contributed by atoms with Gasteiger partial charge in [-0.1, -0.05) is 26.0 Å². The van der Waals surface area contributed by atoms with Gasteiger partial charge in [0.05, 0.1) is 0 Å². The molecule has 0 heteroatoms. The van der Waals surface area contributed by atoms with E-state index in [9.17, 15) is 0 Å². The maximum absolute atomic E-state index is 2.50. The molecule has 2 unspecified atom stereocenters. The minimum atomic E-state index is 0.692. The Balaban J connectivity index is 2.23. The van der Waals surface area contributed by atoms with Gasteiger partial charge in [-0.3, -0.25) is 0 Å². The van der Waals surface area contributed by atoms with Crippen molar-refractivity contribution >= 4 is 0 Å². The van der Waals surface area contributed by atoms with E-state index in [0.717, 1.165) is 11.8 Å². The average molecular weight is 164 g/mol. The lowest BCUT2D eigenvalue weighted by molar-refractivity contribution is 0.0776. The number of hydrogen-bond donors (Lipinski definition) is 0. The van der Waals surface area contributed by atoms with Crippen LogP contribution in [0, 0.1) is 17.3 Å². The van der Waals surface area contributed by atoms with E-state index in [0.29, 0.717) is 5.41 Å². The van der Waals surface area contributed by atoms with Gasteiger partial charge in [0.15, 0.2) is 0 Å². The van der Waals surface area contributed by atoms with Crippen LogP contribution in [0.2, 0.25) is 0 Å². The highest BCUT2D eigenvalue weighted by Crippen LogP contribution is 2.52. The summed E-state index contributed by atoms with van der Waals surface area (Å²) in [6.45, 7) is 4.75. The Labute approximate surface area is 76.1 Å². The molecule has 0 aromatic carbocycles. The first kappa shape index (κ1) is 8.34. The zero-order chi connectivity index (χ0) is 8.60. The monoisotopic (exact) mass is 164 g/mol. The molecule has 0 heterocycles. The standard InChI is InChI=1S/C12H20/c1-3-12(4-2)9-10-5-7-11(12)8-6-10/h5,7,10-11H,3-4,6,8-9H2,1-2H3. The Morgan fingerprint density at radius 1 is 1.17 bits per heavy atom. The van der Waals surface area contributed by atoms with Crippen LogP contribution in [-0.4, -0.2) is 0 Å². The second-order valence-electron chi connectivity index (χ2n) is 4.60. The van der Waals surface area contributed by atoms with Crippen LogP contribution in [0.4, 0.5) is 0 Å². The number of fused-ring (bicyclic) bond motifs is 2. The lowest BCUT2D eigenvalue weighted by Gasteiger charge is -2.48. The summed E-state index contributed by atoms with van der Waals surface area (Å²) in [6, 6.07) is 0. The molecule has 2 atom stereocenters. The van der Waals surface area contributed by atoms with E-state index < -0.39 is 0 Å². The van der Waals surface area contributed by atoms with Crippen molar-refractivity contribution in [2.45, 2.75) is 46.0 Å². The Hall–Kier alpha value is -0.260. The highest BCUT2D eigenvalue weighted by atomic mass is 14.5. The van der Waals surface area contributed by atoms with E-state index in [4.69, 9.17) is 0 Å². The van der Waals surface area contributed by atoms with Gasteiger partial charge in [-0.05, 0) is 49.4 Å². The van der Waals surface area contributed by atoms with E-state index >= 15 is 0 Å². The molecule has 3 aliphatic carbocycles. The lowest BCUT2D eigenvalue weighted by atomic mass is 9.57. The van der Waals surface area contributed by atoms with Gasteiger partial charge in [0.1, 0.15) is 0 Å². The minimum Gasteiger partial charge on any atom is -0.0851 e. The molecule has 3 aliphatic rings. The quantitative estimate of drug-likeness (QED) is 0.545. The summed E-state index contributed by atoms with van der Waals surface area (Å²) in [5.74, 6) is 1.84. The largest absolute Gasteiger partial charge is 0.0851 e. The number of hydrogen-bond acceptors (Lipinski definition) is 0. The molecule has 0 radical (unpaired) electrons. The molecule has 1 fully saturated rings. The number of allylic oxidation sites excluding steroid dienone is 2. The first-order valence-electron chi connectivity index (χ1n) is 5.49. The van der Waals surface area contributed by atoms with Gasteiger partial charge in [0.2, 0.25) is 0 Å². The van der Waals surface area contributed by atoms with Gasteiger partial charge in [-0.25, -0.2) is 0 Å². The van der Waals surface area contributed by atoms with Crippen molar-refractivity contribution in [3.8, 4) is 0 Å². The van der Waals surface area contributed by atoms with Crippen LogP contribution in [0.3, 0.4) is 0 Å². The summed E-state index contributed by atoms with van der Waals surface area (Å²) in [7, 11) is 0. The molecule has 0 amide bonds. The molecule has 0 aromatic heterocycles. The van der Waals surface area contributed by atoms with Crippen molar-refractivity contribution in [2.24, 2.45) is 17.3 Å². The third-order valence-corrected chi connectivity index (χ3v) is 4.33. The predicted octanol–water partition coefficient (Wildman–Crippen LogP) is 3.78. The Morgan fingerprint density at radius 2 is 1.92 bits per heavy atom. The summed E-state index contributed by atoms with van der Waals surface area (Å²) in [5, 5.41) is 0. The average Bonchev–Trinajstić information content (AvgIpc) is 2.19. The molecule has 68 valence electrons. The van der Waals surface area contributed by atoms with E-state index in [1.54, 1.807) is 0 Å². The predicted molar refractivity (Wildman–Crippen MR) is 53.0 cm³/mol. The minimum absolute atomic E-state index is 0.692. The first-order chi connectivity index (χ1) is 5.80. The maximum Gasteiger partial charge on any atom is -0.0177 e. The first-order valence-corrected chi connectivity index (χ1v) is 5.49. The van der Waals surface area contributed by atoms with Crippen molar-refractivity contribution in [2.75, 3.05) is 0 Å². The highest BCUT2D eigenvalue weighted by molar-refractivity contribution is 5.10. The van der Waals surface area contributed by atoms with E-state index in [1.165, 1.54) is 32.1 Å². The summed E-state index contributed by atoms with van der Waals surface area (Å²) in [4.78, 5) is 0. The van der Waals surface area contributed by atoms with Crippen molar-refractivity contribution in [3.63, 3.8) is 0 Å². The zero-order valence-electron chi connectivity index (χ0n) is 8.34. The molecule has 12 heavy (non-hydrogen) atoms. The van der Waals surface area contributed by atoms with Crippen LogP contribution < -0.4 is 0 Å². The van der Waals surface area contributed by atoms with Gasteiger partial charge in [-0.2, -0.15) is 0 Å². The van der Waals surface area contributed by atoms with Crippen LogP contribution in [0.1, 0.15) is 46.0 Å². The molecule has 0 saturated heterocycles.